The van der Waals surface area contributed by atoms with Crippen LogP contribution in [0.2, 0.25) is 0 Å². The van der Waals surface area contributed by atoms with Crippen molar-refractivity contribution < 1.29 is 18.7 Å². The van der Waals surface area contributed by atoms with Crippen LogP contribution in [-0.4, -0.2) is 65.1 Å². The Bertz CT molecular complexity index is 1480. The smallest absolute Gasteiger partial charge is 0.339 e. The molecule has 1 aliphatic heterocycles. The number of hydrogen-bond donors (Lipinski definition) is 1. The van der Waals surface area contributed by atoms with Gasteiger partial charge in [0.2, 0.25) is 0 Å². The Balaban J connectivity index is 1.02. The fraction of sp³-hybridized carbons (Fsp3) is 0.400. The molecule has 202 valence electrons. The summed E-state index contributed by atoms with van der Waals surface area (Å²) in [6.45, 7) is 4.81. The molecular weight excluding hydrogens is 494 g/mol. The maximum absolute atomic E-state index is 13.2. The number of pyridine rings is 2. The fourth-order valence-electron chi connectivity index (χ4n) is 6.02. The zero-order valence-corrected chi connectivity index (χ0v) is 21.9. The lowest BCUT2D eigenvalue weighted by atomic mass is 9.77. The van der Waals surface area contributed by atoms with Crippen molar-refractivity contribution in [1.29, 1.82) is 0 Å². The van der Waals surface area contributed by atoms with Gasteiger partial charge in [-0.05, 0) is 68.8 Å². The van der Waals surface area contributed by atoms with Gasteiger partial charge in [-0.2, -0.15) is 0 Å². The van der Waals surface area contributed by atoms with Crippen LogP contribution in [0.3, 0.4) is 0 Å². The average molecular weight is 528 g/mol. The van der Waals surface area contributed by atoms with E-state index in [9.17, 15) is 9.59 Å². The monoisotopic (exact) mass is 527 g/mol. The molecule has 9 heteroatoms. The first-order chi connectivity index (χ1) is 19.0. The molecule has 1 saturated carbocycles. The molecule has 1 saturated heterocycles. The molecule has 1 aliphatic carbocycles. The van der Waals surface area contributed by atoms with Gasteiger partial charge in [-0.15, -0.1) is 0 Å². The third kappa shape index (κ3) is 5.06. The van der Waals surface area contributed by atoms with E-state index in [2.05, 4.69) is 19.8 Å². The van der Waals surface area contributed by atoms with Crippen LogP contribution in [0.25, 0.3) is 21.9 Å². The molecule has 0 spiro atoms. The second-order valence-electron chi connectivity index (χ2n) is 10.7. The van der Waals surface area contributed by atoms with Crippen LogP contribution < -0.4 is 10.6 Å². The number of anilines is 1. The molecule has 2 aliphatic rings. The molecule has 1 aromatic carbocycles. The number of aromatic nitrogens is 2. The molecule has 4 heterocycles. The van der Waals surface area contributed by atoms with E-state index < -0.39 is 17.5 Å². The van der Waals surface area contributed by atoms with Gasteiger partial charge in [0, 0.05) is 44.0 Å². The van der Waals surface area contributed by atoms with E-state index in [1.54, 1.807) is 24.7 Å². The third-order valence-electron chi connectivity index (χ3n) is 8.40. The summed E-state index contributed by atoms with van der Waals surface area (Å²) in [5.74, 6) is 0.372. The van der Waals surface area contributed by atoms with Crippen molar-refractivity contribution >= 4 is 39.6 Å². The minimum Gasteiger partial charge on any atom is -0.464 e. The number of primary amides is 1. The van der Waals surface area contributed by atoms with Crippen molar-refractivity contribution in [3.8, 4) is 0 Å². The first kappa shape index (κ1) is 25.3. The minimum atomic E-state index is -1.26. The van der Waals surface area contributed by atoms with Gasteiger partial charge >= 0.3 is 5.97 Å². The number of fused-ring (bicyclic) bond motifs is 2. The highest BCUT2D eigenvalue weighted by atomic mass is 16.6. The number of hydrogen-bond acceptors (Lipinski definition) is 8. The second-order valence-corrected chi connectivity index (χ2v) is 10.7. The average Bonchev–Trinajstić information content (AvgIpc) is 3.46. The lowest BCUT2D eigenvalue weighted by Crippen LogP contribution is -2.50. The van der Waals surface area contributed by atoms with Crippen molar-refractivity contribution in [1.82, 2.24) is 14.9 Å². The zero-order chi connectivity index (χ0) is 26.8. The molecule has 2 fully saturated rings. The molecule has 0 atom stereocenters. The van der Waals surface area contributed by atoms with E-state index in [1.807, 2.05) is 36.4 Å². The number of carbonyl (C=O) groups is 2. The highest BCUT2D eigenvalue weighted by molar-refractivity contribution is 6.04. The van der Waals surface area contributed by atoms with Crippen molar-refractivity contribution in [2.75, 3.05) is 37.6 Å². The maximum Gasteiger partial charge on any atom is 0.339 e. The Labute approximate surface area is 226 Å². The van der Waals surface area contributed by atoms with Crippen LogP contribution in [0.1, 0.15) is 42.5 Å². The summed E-state index contributed by atoms with van der Waals surface area (Å²) in [5.41, 5.74) is 6.53. The molecule has 0 unspecified atom stereocenters. The second kappa shape index (κ2) is 10.6. The number of para-hydroxylation sites is 1. The van der Waals surface area contributed by atoms with Gasteiger partial charge in [-0.3, -0.25) is 14.7 Å². The van der Waals surface area contributed by atoms with Crippen molar-refractivity contribution in [2.24, 2.45) is 11.7 Å². The standard InChI is InChI=1S/C30H33N5O4/c31-29(37)30(39-28(36)23-7-13-32-25-4-2-1-3-22(23)25)11-5-21(6-12-30)9-15-34-16-18-35(19-17-34)27-24-10-20-38-26(24)8-14-33-27/h1-4,7-8,10,13-14,20-21H,5-6,9,11-12,15-19H2,(H2,31,37). The Kier molecular flexibility index (Phi) is 6.91. The number of esters is 1. The number of ether oxygens (including phenoxy) is 1. The van der Waals surface area contributed by atoms with Gasteiger partial charge < -0.3 is 19.8 Å². The number of rotatable bonds is 7. The predicted molar refractivity (Wildman–Crippen MR) is 148 cm³/mol. The summed E-state index contributed by atoms with van der Waals surface area (Å²) in [6.07, 6.45) is 8.67. The summed E-state index contributed by atoms with van der Waals surface area (Å²) < 4.78 is 11.4. The SMILES string of the molecule is NC(=O)C1(OC(=O)c2ccnc3ccccc23)CCC(CCN2CCN(c3nccc4occc34)CC2)CC1. The summed E-state index contributed by atoms with van der Waals surface area (Å²) in [4.78, 5) is 39.4. The van der Waals surface area contributed by atoms with Gasteiger partial charge in [-0.1, -0.05) is 18.2 Å². The van der Waals surface area contributed by atoms with E-state index in [0.717, 1.165) is 68.8 Å². The number of benzene rings is 1. The Hall–Kier alpha value is -3.98. The number of carbonyl (C=O) groups excluding carboxylic acids is 2. The lowest BCUT2D eigenvalue weighted by molar-refractivity contribution is -0.141. The van der Waals surface area contributed by atoms with Gasteiger partial charge in [0.15, 0.2) is 5.60 Å². The quantitative estimate of drug-likeness (QED) is 0.356. The van der Waals surface area contributed by atoms with Crippen molar-refractivity contribution in [3.63, 3.8) is 0 Å². The molecule has 0 bridgehead atoms. The topological polar surface area (TPSA) is 115 Å². The summed E-state index contributed by atoms with van der Waals surface area (Å²) in [5, 5.41) is 1.76. The molecule has 4 aromatic rings. The minimum absolute atomic E-state index is 0.404. The van der Waals surface area contributed by atoms with Crippen molar-refractivity contribution in [3.05, 3.63) is 66.7 Å². The zero-order valence-electron chi connectivity index (χ0n) is 21.9. The molecule has 2 N–H and O–H groups in total. The number of amides is 1. The summed E-state index contributed by atoms with van der Waals surface area (Å²) in [7, 11) is 0. The van der Waals surface area contributed by atoms with Crippen molar-refractivity contribution in [2.45, 2.75) is 37.7 Å². The van der Waals surface area contributed by atoms with Gasteiger partial charge in [0.1, 0.15) is 11.4 Å². The highest BCUT2D eigenvalue weighted by Crippen LogP contribution is 2.37. The van der Waals surface area contributed by atoms with Crippen LogP contribution in [0.4, 0.5) is 5.82 Å². The van der Waals surface area contributed by atoms with Crippen LogP contribution in [0.15, 0.2) is 65.5 Å². The summed E-state index contributed by atoms with van der Waals surface area (Å²) >= 11 is 0. The third-order valence-corrected chi connectivity index (χ3v) is 8.40. The Morgan fingerprint density at radius 3 is 2.54 bits per heavy atom. The first-order valence-electron chi connectivity index (χ1n) is 13.7. The van der Waals surface area contributed by atoms with E-state index in [-0.39, 0.29) is 0 Å². The van der Waals surface area contributed by atoms with Crippen LogP contribution >= 0.6 is 0 Å². The number of nitrogens with two attached hydrogens (primary N) is 1. The van der Waals surface area contributed by atoms with Crippen LogP contribution in [0, 0.1) is 5.92 Å². The molecular formula is C30H33N5O4. The van der Waals surface area contributed by atoms with Gasteiger partial charge in [0.05, 0.1) is 22.7 Å². The van der Waals surface area contributed by atoms with E-state index in [0.29, 0.717) is 35.2 Å². The summed E-state index contributed by atoms with van der Waals surface area (Å²) in [6, 6.07) is 12.9. The van der Waals surface area contributed by atoms with E-state index >= 15 is 0 Å². The first-order valence-corrected chi connectivity index (χ1v) is 13.7. The van der Waals surface area contributed by atoms with E-state index in [1.165, 1.54) is 0 Å². The largest absolute Gasteiger partial charge is 0.464 e. The Morgan fingerprint density at radius 2 is 1.74 bits per heavy atom. The van der Waals surface area contributed by atoms with Crippen LogP contribution in [0.5, 0.6) is 0 Å². The van der Waals surface area contributed by atoms with Gasteiger partial charge in [-0.25, -0.2) is 9.78 Å². The van der Waals surface area contributed by atoms with E-state index in [4.69, 9.17) is 14.9 Å². The Morgan fingerprint density at radius 1 is 0.974 bits per heavy atom. The number of piperazine rings is 1. The molecule has 3 aromatic heterocycles. The molecule has 39 heavy (non-hydrogen) atoms. The molecule has 6 rings (SSSR count). The molecule has 1 amide bonds. The highest BCUT2D eigenvalue weighted by Gasteiger charge is 2.44. The van der Waals surface area contributed by atoms with Crippen LogP contribution in [-0.2, 0) is 9.53 Å². The lowest BCUT2D eigenvalue weighted by Gasteiger charge is -2.39. The normalized spacial score (nSPS) is 22.3. The van der Waals surface area contributed by atoms with Gasteiger partial charge in [0.25, 0.3) is 5.91 Å². The maximum atomic E-state index is 13.2. The number of furan rings is 1. The molecule has 9 nitrogen and oxygen atoms in total. The fourth-order valence-corrected chi connectivity index (χ4v) is 6.02. The predicted octanol–water partition coefficient (Wildman–Crippen LogP) is 4.16. The molecule has 0 radical (unpaired) electrons. The number of nitrogens with zero attached hydrogens (tertiary/aromatic N) is 4.